The Kier molecular flexibility index (Phi) is 5.70. The van der Waals surface area contributed by atoms with Crippen molar-refractivity contribution in [1.82, 2.24) is 5.32 Å². The lowest BCUT2D eigenvalue weighted by Crippen LogP contribution is -2.30. The Balaban J connectivity index is 2.00. The van der Waals surface area contributed by atoms with E-state index < -0.39 is 0 Å². The zero-order chi connectivity index (χ0) is 20.3. The topological polar surface area (TPSA) is 69.3 Å². The standard InChI is InChI=1S/C20H20N2O5S/c1-24-15-8-6-5-7-14(15)22-19(23)13(21-20(22)28)9-12-10-16(25-2)18(27-4)17(11-12)26-3/h5-11H,1-4H3,(H,21,28)/b13-9+. The van der Waals surface area contributed by atoms with Crippen LogP contribution in [-0.2, 0) is 4.79 Å². The minimum absolute atomic E-state index is 0.271. The monoisotopic (exact) mass is 400 g/mol. The van der Waals surface area contributed by atoms with Crippen LogP contribution in [0.1, 0.15) is 5.56 Å². The van der Waals surface area contributed by atoms with Crippen LogP contribution < -0.4 is 29.2 Å². The van der Waals surface area contributed by atoms with E-state index in [1.807, 2.05) is 12.1 Å². The molecule has 8 heteroatoms. The number of methoxy groups -OCH3 is 4. The SMILES string of the molecule is COc1ccccc1N1C(=O)/C(=C\c2cc(OC)c(OC)c(OC)c2)NC1=S. The summed E-state index contributed by atoms with van der Waals surface area (Å²) in [6.07, 6.45) is 1.68. The summed E-state index contributed by atoms with van der Waals surface area (Å²) in [5.74, 6) is 1.72. The number of amides is 1. The molecule has 2 aromatic carbocycles. The predicted molar refractivity (Wildman–Crippen MR) is 110 cm³/mol. The van der Waals surface area contributed by atoms with E-state index in [0.717, 1.165) is 0 Å². The van der Waals surface area contributed by atoms with Gasteiger partial charge in [-0.3, -0.25) is 4.79 Å². The van der Waals surface area contributed by atoms with Crippen molar-refractivity contribution in [3.63, 3.8) is 0 Å². The molecule has 1 amide bonds. The van der Waals surface area contributed by atoms with Gasteiger partial charge in [0.25, 0.3) is 5.91 Å². The molecular formula is C20H20N2O5S. The van der Waals surface area contributed by atoms with E-state index in [2.05, 4.69) is 5.32 Å². The highest BCUT2D eigenvalue weighted by Gasteiger charge is 2.33. The molecule has 1 aliphatic rings. The first kappa shape index (κ1) is 19.5. The fourth-order valence-corrected chi connectivity index (χ4v) is 3.21. The van der Waals surface area contributed by atoms with Crippen LogP contribution in [0.25, 0.3) is 6.08 Å². The number of nitrogens with zero attached hydrogens (tertiary/aromatic N) is 1. The molecule has 1 saturated heterocycles. The molecule has 0 aromatic heterocycles. The number of hydrogen-bond donors (Lipinski definition) is 1. The van der Waals surface area contributed by atoms with Crippen molar-refractivity contribution < 1.29 is 23.7 Å². The van der Waals surface area contributed by atoms with Crippen molar-refractivity contribution in [1.29, 1.82) is 0 Å². The van der Waals surface area contributed by atoms with Gasteiger partial charge in [0.1, 0.15) is 11.4 Å². The van der Waals surface area contributed by atoms with Crippen LogP contribution in [0.2, 0.25) is 0 Å². The van der Waals surface area contributed by atoms with E-state index in [0.29, 0.717) is 39.9 Å². The van der Waals surface area contributed by atoms with E-state index in [1.54, 1.807) is 37.5 Å². The molecule has 0 atom stereocenters. The van der Waals surface area contributed by atoms with Gasteiger partial charge in [-0.1, -0.05) is 12.1 Å². The molecule has 1 N–H and O–H groups in total. The first-order valence-corrected chi connectivity index (χ1v) is 8.75. The largest absolute Gasteiger partial charge is 0.495 e. The molecule has 7 nitrogen and oxygen atoms in total. The molecular weight excluding hydrogens is 380 g/mol. The molecule has 0 bridgehead atoms. The highest BCUT2D eigenvalue weighted by molar-refractivity contribution is 7.80. The Morgan fingerprint density at radius 2 is 1.54 bits per heavy atom. The lowest BCUT2D eigenvalue weighted by atomic mass is 10.1. The summed E-state index contributed by atoms with van der Waals surface area (Å²) in [5.41, 5.74) is 1.58. The second kappa shape index (κ2) is 8.18. The van der Waals surface area contributed by atoms with Gasteiger partial charge in [-0.05, 0) is 48.1 Å². The normalized spacial score (nSPS) is 14.9. The quantitative estimate of drug-likeness (QED) is 0.591. The molecule has 2 aromatic rings. The Morgan fingerprint density at radius 1 is 0.929 bits per heavy atom. The van der Waals surface area contributed by atoms with E-state index in [1.165, 1.54) is 26.2 Å². The Hall–Kier alpha value is -3.26. The highest BCUT2D eigenvalue weighted by Crippen LogP contribution is 2.39. The zero-order valence-corrected chi connectivity index (χ0v) is 16.8. The number of thiocarbonyl (C=S) groups is 1. The van der Waals surface area contributed by atoms with Gasteiger partial charge < -0.3 is 24.3 Å². The van der Waals surface area contributed by atoms with Crippen LogP contribution in [0.5, 0.6) is 23.0 Å². The number of carbonyl (C=O) groups excluding carboxylic acids is 1. The van der Waals surface area contributed by atoms with E-state index in [-0.39, 0.29) is 11.0 Å². The first-order valence-electron chi connectivity index (χ1n) is 8.34. The maximum Gasteiger partial charge on any atom is 0.281 e. The molecule has 146 valence electrons. The van der Waals surface area contributed by atoms with Crippen molar-refractivity contribution in [2.45, 2.75) is 0 Å². The molecule has 0 radical (unpaired) electrons. The second-order valence-corrected chi connectivity index (χ2v) is 6.15. The number of rotatable bonds is 6. The molecule has 0 unspecified atom stereocenters. The van der Waals surface area contributed by atoms with E-state index in [9.17, 15) is 4.79 Å². The average molecular weight is 400 g/mol. The fourth-order valence-electron chi connectivity index (χ4n) is 2.92. The molecule has 28 heavy (non-hydrogen) atoms. The number of ether oxygens (including phenoxy) is 4. The Morgan fingerprint density at radius 3 is 2.11 bits per heavy atom. The molecule has 1 heterocycles. The second-order valence-electron chi connectivity index (χ2n) is 5.76. The minimum Gasteiger partial charge on any atom is -0.495 e. The van der Waals surface area contributed by atoms with Crippen molar-refractivity contribution in [2.24, 2.45) is 0 Å². The van der Waals surface area contributed by atoms with Crippen molar-refractivity contribution >= 4 is 35.0 Å². The average Bonchev–Trinajstić information content (AvgIpc) is 2.99. The van der Waals surface area contributed by atoms with Crippen molar-refractivity contribution in [3.05, 3.63) is 47.7 Å². The summed E-state index contributed by atoms with van der Waals surface area (Å²) in [6, 6.07) is 10.7. The van der Waals surface area contributed by atoms with Gasteiger partial charge in [0, 0.05) is 0 Å². The summed E-state index contributed by atoms with van der Waals surface area (Å²) in [4.78, 5) is 14.4. The van der Waals surface area contributed by atoms with Gasteiger partial charge >= 0.3 is 0 Å². The maximum absolute atomic E-state index is 13.0. The third-order valence-electron chi connectivity index (χ3n) is 4.20. The Labute approximate surface area is 168 Å². The van der Waals surface area contributed by atoms with Crippen LogP contribution in [0.4, 0.5) is 5.69 Å². The van der Waals surface area contributed by atoms with Gasteiger partial charge in [0.15, 0.2) is 16.6 Å². The smallest absolute Gasteiger partial charge is 0.281 e. The van der Waals surface area contributed by atoms with Gasteiger partial charge in [-0.25, -0.2) is 4.90 Å². The number of nitrogens with one attached hydrogen (secondary N) is 1. The lowest BCUT2D eigenvalue weighted by molar-refractivity contribution is -0.113. The number of anilines is 1. The fraction of sp³-hybridized carbons (Fsp3) is 0.200. The van der Waals surface area contributed by atoms with E-state index >= 15 is 0 Å². The maximum atomic E-state index is 13.0. The predicted octanol–water partition coefficient (Wildman–Crippen LogP) is 2.98. The van der Waals surface area contributed by atoms with Gasteiger partial charge in [0.2, 0.25) is 5.75 Å². The van der Waals surface area contributed by atoms with Crippen LogP contribution in [0.3, 0.4) is 0 Å². The van der Waals surface area contributed by atoms with Crippen LogP contribution >= 0.6 is 12.2 Å². The summed E-state index contributed by atoms with van der Waals surface area (Å²) in [6.45, 7) is 0. The molecule has 3 rings (SSSR count). The summed E-state index contributed by atoms with van der Waals surface area (Å²) in [7, 11) is 6.14. The zero-order valence-electron chi connectivity index (χ0n) is 15.9. The minimum atomic E-state index is -0.289. The molecule has 1 aliphatic heterocycles. The van der Waals surface area contributed by atoms with Gasteiger partial charge in [-0.15, -0.1) is 0 Å². The van der Waals surface area contributed by atoms with Crippen LogP contribution in [0, 0.1) is 0 Å². The molecule has 1 fully saturated rings. The van der Waals surface area contributed by atoms with Gasteiger partial charge in [-0.2, -0.15) is 0 Å². The first-order chi connectivity index (χ1) is 13.5. The lowest BCUT2D eigenvalue weighted by Gasteiger charge is -2.17. The molecule has 0 saturated carbocycles. The summed E-state index contributed by atoms with van der Waals surface area (Å²) in [5, 5.41) is 3.23. The summed E-state index contributed by atoms with van der Waals surface area (Å²) >= 11 is 5.37. The highest BCUT2D eigenvalue weighted by atomic mass is 32.1. The molecule has 0 aliphatic carbocycles. The Bertz CT molecular complexity index is 932. The van der Waals surface area contributed by atoms with Crippen molar-refractivity contribution in [2.75, 3.05) is 33.3 Å². The number of benzene rings is 2. The number of hydrogen-bond acceptors (Lipinski definition) is 6. The van der Waals surface area contributed by atoms with Crippen LogP contribution in [-0.4, -0.2) is 39.5 Å². The number of carbonyl (C=O) groups is 1. The number of para-hydroxylation sites is 2. The van der Waals surface area contributed by atoms with Crippen molar-refractivity contribution in [3.8, 4) is 23.0 Å². The third-order valence-corrected chi connectivity index (χ3v) is 4.49. The third kappa shape index (κ3) is 3.46. The molecule has 0 spiro atoms. The van der Waals surface area contributed by atoms with Gasteiger partial charge in [0.05, 0.1) is 34.1 Å². The van der Waals surface area contributed by atoms with Crippen LogP contribution in [0.15, 0.2) is 42.1 Å². The summed E-state index contributed by atoms with van der Waals surface area (Å²) < 4.78 is 21.4. The van der Waals surface area contributed by atoms with E-state index in [4.69, 9.17) is 31.2 Å².